The van der Waals surface area contributed by atoms with Crippen LogP contribution < -0.4 is 5.73 Å². The Kier molecular flexibility index (Phi) is 4.57. The normalized spacial score (nSPS) is 12.0. The van der Waals surface area contributed by atoms with E-state index in [1.54, 1.807) is 19.0 Å². The van der Waals surface area contributed by atoms with E-state index in [1.807, 2.05) is 48.5 Å². The van der Waals surface area contributed by atoms with Gasteiger partial charge in [0.05, 0.1) is 6.04 Å². The zero-order valence-corrected chi connectivity index (χ0v) is 13.1. The molecule has 0 heterocycles. The van der Waals surface area contributed by atoms with Crippen molar-refractivity contribution in [2.24, 2.45) is 5.73 Å². The molecule has 0 aliphatic carbocycles. The molecule has 0 aliphatic rings. The number of halogens is 1. The molecule has 0 aromatic heterocycles. The molecule has 3 nitrogen and oxygen atoms in total. The lowest BCUT2D eigenvalue weighted by molar-refractivity contribution is 0.0827. The molecule has 2 aromatic carbocycles. The van der Waals surface area contributed by atoms with E-state index in [0.29, 0.717) is 5.56 Å². The average Bonchev–Trinajstić information content (AvgIpc) is 2.46. The van der Waals surface area contributed by atoms with Crippen molar-refractivity contribution in [2.75, 3.05) is 14.1 Å². The molecule has 20 heavy (non-hydrogen) atoms. The van der Waals surface area contributed by atoms with Crippen LogP contribution in [0.1, 0.15) is 27.5 Å². The molecule has 0 radical (unpaired) electrons. The van der Waals surface area contributed by atoms with Crippen molar-refractivity contribution < 1.29 is 4.79 Å². The van der Waals surface area contributed by atoms with E-state index in [4.69, 9.17) is 5.73 Å². The molecule has 0 spiro atoms. The number of hydrogen-bond donors (Lipinski definition) is 1. The first-order chi connectivity index (χ1) is 9.49. The molecule has 0 unspecified atom stereocenters. The Labute approximate surface area is 127 Å². The van der Waals surface area contributed by atoms with Crippen LogP contribution >= 0.6 is 15.9 Å². The Balaban J connectivity index is 2.24. The van der Waals surface area contributed by atoms with E-state index in [0.717, 1.165) is 15.6 Å². The van der Waals surface area contributed by atoms with E-state index in [2.05, 4.69) is 15.9 Å². The minimum atomic E-state index is -0.198. The van der Waals surface area contributed by atoms with Crippen molar-refractivity contribution in [1.29, 1.82) is 0 Å². The lowest BCUT2D eigenvalue weighted by Crippen LogP contribution is -2.21. The molecule has 4 heteroatoms. The van der Waals surface area contributed by atoms with Gasteiger partial charge >= 0.3 is 0 Å². The highest BCUT2D eigenvalue weighted by Gasteiger charge is 2.11. The molecule has 0 saturated carbocycles. The lowest BCUT2D eigenvalue weighted by Gasteiger charge is -2.14. The second kappa shape index (κ2) is 6.20. The summed E-state index contributed by atoms with van der Waals surface area (Å²) in [5.74, 6) is -0.00687. The van der Waals surface area contributed by atoms with Crippen LogP contribution in [0.3, 0.4) is 0 Å². The number of amides is 1. The smallest absolute Gasteiger partial charge is 0.253 e. The third-order valence-corrected chi connectivity index (χ3v) is 3.62. The standard InChI is InChI=1S/C16H17BrN2O/c1-19(2)16(20)12-8-6-11(7-9-12)15(18)13-4-3-5-14(17)10-13/h3-10,15H,18H2,1-2H3/t15-/m0/s1. The van der Waals surface area contributed by atoms with Crippen molar-refractivity contribution in [3.05, 3.63) is 69.7 Å². The van der Waals surface area contributed by atoms with Crippen LogP contribution in [0.5, 0.6) is 0 Å². The Morgan fingerprint density at radius 1 is 1.10 bits per heavy atom. The third-order valence-electron chi connectivity index (χ3n) is 3.13. The minimum Gasteiger partial charge on any atom is -0.345 e. The van der Waals surface area contributed by atoms with Gasteiger partial charge in [0.1, 0.15) is 0 Å². The summed E-state index contributed by atoms with van der Waals surface area (Å²) < 4.78 is 1.00. The van der Waals surface area contributed by atoms with E-state index in [9.17, 15) is 4.79 Å². The van der Waals surface area contributed by atoms with Crippen LogP contribution in [0.25, 0.3) is 0 Å². The molecule has 104 valence electrons. The first kappa shape index (κ1) is 14.8. The molecule has 0 bridgehead atoms. The highest BCUT2D eigenvalue weighted by molar-refractivity contribution is 9.10. The molecular formula is C16H17BrN2O. The zero-order chi connectivity index (χ0) is 14.7. The highest BCUT2D eigenvalue weighted by Crippen LogP contribution is 2.22. The monoisotopic (exact) mass is 332 g/mol. The predicted molar refractivity (Wildman–Crippen MR) is 84.6 cm³/mol. The average molecular weight is 333 g/mol. The summed E-state index contributed by atoms with van der Waals surface area (Å²) in [6, 6.07) is 15.2. The number of nitrogens with two attached hydrogens (primary N) is 1. The van der Waals surface area contributed by atoms with E-state index in [-0.39, 0.29) is 11.9 Å². The van der Waals surface area contributed by atoms with Crippen LogP contribution in [0.4, 0.5) is 0 Å². The van der Waals surface area contributed by atoms with Gasteiger partial charge in [-0.05, 0) is 35.4 Å². The second-order valence-electron chi connectivity index (χ2n) is 4.85. The van der Waals surface area contributed by atoms with E-state index >= 15 is 0 Å². The number of rotatable bonds is 3. The van der Waals surface area contributed by atoms with Gasteiger partial charge in [-0.1, -0.05) is 40.2 Å². The maximum absolute atomic E-state index is 11.8. The predicted octanol–water partition coefficient (Wildman–Crippen LogP) is 3.20. The fraction of sp³-hybridized carbons (Fsp3) is 0.188. The Hall–Kier alpha value is -1.65. The van der Waals surface area contributed by atoms with Crippen molar-refractivity contribution >= 4 is 21.8 Å². The van der Waals surface area contributed by atoms with Gasteiger partial charge in [-0.3, -0.25) is 4.79 Å². The summed E-state index contributed by atoms with van der Waals surface area (Å²) in [6.07, 6.45) is 0. The number of nitrogens with zero attached hydrogens (tertiary/aromatic N) is 1. The summed E-state index contributed by atoms with van der Waals surface area (Å²) in [4.78, 5) is 13.4. The summed E-state index contributed by atoms with van der Waals surface area (Å²) in [6.45, 7) is 0. The van der Waals surface area contributed by atoms with Crippen molar-refractivity contribution in [1.82, 2.24) is 4.90 Å². The third kappa shape index (κ3) is 3.26. The van der Waals surface area contributed by atoms with Gasteiger partial charge in [0.2, 0.25) is 0 Å². The topological polar surface area (TPSA) is 46.3 Å². The van der Waals surface area contributed by atoms with E-state index < -0.39 is 0 Å². The van der Waals surface area contributed by atoms with E-state index in [1.165, 1.54) is 0 Å². The van der Waals surface area contributed by atoms with Crippen LogP contribution in [0.2, 0.25) is 0 Å². The maximum Gasteiger partial charge on any atom is 0.253 e. The van der Waals surface area contributed by atoms with Crippen LogP contribution in [-0.4, -0.2) is 24.9 Å². The summed E-state index contributed by atoms with van der Waals surface area (Å²) in [5, 5.41) is 0. The largest absolute Gasteiger partial charge is 0.345 e. The fourth-order valence-corrected chi connectivity index (χ4v) is 2.40. The molecule has 2 rings (SSSR count). The molecule has 2 aromatic rings. The van der Waals surface area contributed by atoms with Gasteiger partial charge in [-0.25, -0.2) is 0 Å². The number of hydrogen-bond acceptors (Lipinski definition) is 2. The number of benzene rings is 2. The lowest BCUT2D eigenvalue weighted by atomic mass is 9.98. The molecule has 0 fully saturated rings. The van der Waals surface area contributed by atoms with Crippen molar-refractivity contribution in [2.45, 2.75) is 6.04 Å². The van der Waals surface area contributed by atoms with Crippen molar-refractivity contribution in [3.63, 3.8) is 0 Å². The first-order valence-electron chi connectivity index (χ1n) is 6.31. The SMILES string of the molecule is CN(C)C(=O)c1ccc([C@H](N)c2cccc(Br)c2)cc1. The van der Waals surface area contributed by atoms with Crippen molar-refractivity contribution in [3.8, 4) is 0 Å². The summed E-state index contributed by atoms with van der Waals surface area (Å²) in [7, 11) is 3.48. The molecule has 1 atom stereocenters. The quantitative estimate of drug-likeness (QED) is 0.938. The Bertz CT molecular complexity index is 608. The zero-order valence-electron chi connectivity index (χ0n) is 11.5. The van der Waals surface area contributed by atoms with Gasteiger partial charge in [0, 0.05) is 24.1 Å². The number of carbonyl (C=O) groups excluding carboxylic acids is 1. The summed E-state index contributed by atoms with van der Waals surface area (Å²) in [5.41, 5.74) is 8.94. The molecule has 1 amide bonds. The van der Waals surface area contributed by atoms with Gasteiger partial charge in [0.25, 0.3) is 5.91 Å². The maximum atomic E-state index is 11.8. The van der Waals surface area contributed by atoms with Gasteiger partial charge < -0.3 is 10.6 Å². The second-order valence-corrected chi connectivity index (χ2v) is 5.77. The van der Waals surface area contributed by atoms with Gasteiger partial charge in [-0.15, -0.1) is 0 Å². The molecule has 2 N–H and O–H groups in total. The van der Waals surface area contributed by atoms with Crippen LogP contribution in [-0.2, 0) is 0 Å². The molecule has 0 saturated heterocycles. The Morgan fingerprint density at radius 3 is 2.30 bits per heavy atom. The Morgan fingerprint density at radius 2 is 1.75 bits per heavy atom. The number of carbonyl (C=O) groups is 1. The van der Waals surface area contributed by atoms with Gasteiger partial charge in [-0.2, -0.15) is 0 Å². The summed E-state index contributed by atoms with van der Waals surface area (Å²) >= 11 is 3.44. The van der Waals surface area contributed by atoms with Crippen LogP contribution in [0.15, 0.2) is 53.0 Å². The fourth-order valence-electron chi connectivity index (χ4n) is 1.98. The van der Waals surface area contributed by atoms with Gasteiger partial charge in [0.15, 0.2) is 0 Å². The van der Waals surface area contributed by atoms with Crippen LogP contribution in [0, 0.1) is 0 Å². The first-order valence-corrected chi connectivity index (χ1v) is 7.11. The molecular weight excluding hydrogens is 316 g/mol. The highest BCUT2D eigenvalue weighted by atomic mass is 79.9. The minimum absolute atomic E-state index is 0.00687. The molecule has 0 aliphatic heterocycles.